The van der Waals surface area contributed by atoms with E-state index in [1.54, 1.807) is 13.1 Å². The third-order valence-corrected chi connectivity index (χ3v) is 9.46. The van der Waals surface area contributed by atoms with Crippen LogP contribution in [-0.4, -0.2) is 29.5 Å². The standard InChI is InChI=1S/C50H54N4.C6H10.6C2H6/c1-11-17-18-25-39(15-5)35-52-50(53-49(51-10)37(8)22-12-2)38(9)31-33-42(16-6)54-46-28-20-19-26-44(46)48-43(27-21-29-47(48)54)41-32-30-36(7)45(34-41)40(23-13-3)24-14-4;1-4-5-6(2)3;6*1-2/h12-16,18-35H,3,8-9,11,17H2,1-2,4-7,10H3;4-5H,1H2,2-3H3;6*1-2H3/b22-12-,24-14-,25-18-,33-31-,39-15+,40-23+,42-16+,51-49?,52-35?,53-50?;;;;;;;. The lowest BCUT2D eigenvalue weighted by molar-refractivity contribution is 0.958. The maximum Gasteiger partial charge on any atom is 0.161 e. The summed E-state index contributed by atoms with van der Waals surface area (Å²) in [6.45, 7) is 56.5. The predicted octanol–water partition coefficient (Wildman–Crippen LogP) is 22.1. The molecular formula is C68H100N4. The van der Waals surface area contributed by atoms with Crippen LogP contribution in [0.2, 0.25) is 0 Å². The van der Waals surface area contributed by atoms with Crippen LogP contribution in [0.25, 0.3) is 44.2 Å². The fraction of sp³-hybridized carbons (Fsp3) is 0.338. The van der Waals surface area contributed by atoms with Gasteiger partial charge in [-0.05, 0) is 119 Å². The minimum absolute atomic E-state index is 0.457. The van der Waals surface area contributed by atoms with Crippen molar-refractivity contribution in [2.45, 2.75) is 151 Å². The first-order valence-electron chi connectivity index (χ1n) is 26.7. The van der Waals surface area contributed by atoms with Crippen LogP contribution in [0.15, 0.2) is 209 Å². The van der Waals surface area contributed by atoms with Crippen LogP contribution < -0.4 is 0 Å². The molecule has 3 aromatic carbocycles. The van der Waals surface area contributed by atoms with E-state index in [2.05, 4.69) is 160 Å². The van der Waals surface area contributed by atoms with Crippen molar-refractivity contribution in [2.24, 2.45) is 15.0 Å². The van der Waals surface area contributed by atoms with E-state index in [-0.39, 0.29) is 0 Å². The van der Waals surface area contributed by atoms with E-state index in [0.717, 1.165) is 46.3 Å². The molecule has 0 amide bonds. The Bertz CT molecular complexity index is 2520. The number of aliphatic imine (C=N–C) groups is 3. The number of fused-ring (bicyclic) bond motifs is 3. The highest BCUT2D eigenvalue weighted by atomic mass is 15.0. The van der Waals surface area contributed by atoms with Crippen LogP contribution >= 0.6 is 0 Å². The van der Waals surface area contributed by atoms with Gasteiger partial charge in [0.05, 0.1) is 11.0 Å². The average molecular weight is 974 g/mol. The lowest BCUT2D eigenvalue weighted by Gasteiger charge is -2.12. The van der Waals surface area contributed by atoms with E-state index in [0.29, 0.717) is 22.8 Å². The van der Waals surface area contributed by atoms with Crippen molar-refractivity contribution >= 4 is 51.0 Å². The average Bonchev–Trinajstić information content (AvgIpc) is 3.76. The lowest BCUT2D eigenvalue weighted by atomic mass is 9.92. The zero-order valence-electron chi connectivity index (χ0n) is 49.5. The third kappa shape index (κ3) is 24.5. The summed E-state index contributed by atoms with van der Waals surface area (Å²) in [5, 5.41) is 2.38. The fourth-order valence-electron chi connectivity index (χ4n) is 6.54. The second kappa shape index (κ2) is 46.7. The maximum absolute atomic E-state index is 4.85. The molecule has 0 bridgehead atoms. The second-order valence-corrected chi connectivity index (χ2v) is 14.2. The molecule has 72 heavy (non-hydrogen) atoms. The van der Waals surface area contributed by atoms with Crippen molar-refractivity contribution in [2.75, 3.05) is 7.05 Å². The first kappa shape index (κ1) is 71.9. The van der Waals surface area contributed by atoms with Crippen LogP contribution in [0.1, 0.15) is 156 Å². The lowest BCUT2D eigenvalue weighted by Crippen LogP contribution is -2.05. The Hall–Kier alpha value is -6.65. The maximum atomic E-state index is 4.85. The number of unbranched alkanes of at least 4 members (excludes halogenated alkanes) is 1. The number of rotatable bonds is 15. The summed E-state index contributed by atoms with van der Waals surface area (Å²) in [4.78, 5) is 14.1. The topological polar surface area (TPSA) is 42.0 Å². The summed E-state index contributed by atoms with van der Waals surface area (Å²) in [6.07, 6.45) is 32.1. The molecule has 0 aliphatic carbocycles. The Morgan fingerprint density at radius 1 is 0.639 bits per heavy atom. The molecule has 4 heteroatoms. The number of hydrogen-bond acceptors (Lipinski definition) is 1. The molecule has 0 saturated heterocycles. The van der Waals surface area contributed by atoms with Crippen LogP contribution in [-0.2, 0) is 0 Å². The fourth-order valence-corrected chi connectivity index (χ4v) is 6.54. The second-order valence-electron chi connectivity index (χ2n) is 14.2. The Morgan fingerprint density at radius 2 is 1.22 bits per heavy atom. The smallest absolute Gasteiger partial charge is 0.161 e. The molecule has 4 aromatic rings. The number of hydrogen-bond donors (Lipinski definition) is 0. The van der Waals surface area contributed by atoms with E-state index in [4.69, 9.17) is 9.98 Å². The van der Waals surface area contributed by atoms with Crippen LogP contribution in [0.4, 0.5) is 0 Å². The first-order chi connectivity index (χ1) is 35.0. The summed E-state index contributed by atoms with van der Waals surface area (Å²) >= 11 is 0. The molecule has 4 rings (SSSR count). The van der Waals surface area contributed by atoms with Crippen molar-refractivity contribution in [1.82, 2.24) is 4.57 Å². The van der Waals surface area contributed by atoms with Gasteiger partial charge in [-0.2, -0.15) is 0 Å². The number of amidine groups is 2. The molecule has 0 radical (unpaired) electrons. The van der Waals surface area contributed by atoms with Crippen LogP contribution in [0.5, 0.6) is 0 Å². The summed E-state index contributed by atoms with van der Waals surface area (Å²) in [5.41, 5.74) is 12.7. The SMILES string of the molecule is C=C/C=C(\C=C/C)c1cc(-c2cccc3c2c2ccccc2n3C(/C=C\C(=C)C(N=CC(/C=C\CCC)=C/C)=NC(=NC)C(=C)/C=C\C)=C/C)ccc1C.C=CC=C(C)C.CC.CC.CC.CC.CC.CC. The molecule has 4 nitrogen and oxygen atoms in total. The normalized spacial score (nSPS) is 11.6. The van der Waals surface area contributed by atoms with Gasteiger partial charge in [0.15, 0.2) is 11.7 Å². The molecule has 392 valence electrons. The van der Waals surface area contributed by atoms with Crippen LogP contribution in [0.3, 0.4) is 0 Å². The van der Waals surface area contributed by atoms with E-state index >= 15 is 0 Å². The van der Waals surface area contributed by atoms with Gasteiger partial charge in [-0.15, -0.1) is 0 Å². The molecular weight excluding hydrogens is 873 g/mol. The number of benzene rings is 3. The number of allylic oxidation sites excluding steroid dienone is 16. The molecule has 0 saturated carbocycles. The highest BCUT2D eigenvalue weighted by Crippen LogP contribution is 2.39. The number of nitrogens with zero attached hydrogens (tertiary/aromatic N) is 4. The molecule has 0 atom stereocenters. The number of para-hydroxylation sites is 1. The van der Waals surface area contributed by atoms with Crippen molar-refractivity contribution in [3.8, 4) is 11.1 Å². The van der Waals surface area contributed by atoms with E-state index in [1.807, 2.05) is 160 Å². The number of aromatic nitrogens is 1. The van der Waals surface area contributed by atoms with E-state index < -0.39 is 0 Å². The Balaban J connectivity index is -0.00000113. The van der Waals surface area contributed by atoms with Crippen molar-refractivity contribution < 1.29 is 0 Å². The largest absolute Gasteiger partial charge is 0.310 e. The molecule has 0 aliphatic heterocycles. The molecule has 1 heterocycles. The zero-order valence-corrected chi connectivity index (χ0v) is 49.5. The Labute approximate surface area is 443 Å². The van der Waals surface area contributed by atoms with Gasteiger partial charge >= 0.3 is 0 Å². The number of aryl methyl sites for hydroxylation is 1. The van der Waals surface area contributed by atoms with E-state index in [1.165, 1.54) is 33.0 Å². The van der Waals surface area contributed by atoms with Gasteiger partial charge in [0.25, 0.3) is 0 Å². The highest BCUT2D eigenvalue weighted by Gasteiger charge is 2.17. The quantitative estimate of drug-likeness (QED) is 0.0647. The van der Waals surface area contributed by atoms with Crippen molar-refractivity contribution in [3.63, 3.8) is 0 Å². The summed E-state index contributed by atoms with van der Waals surface area (Å²) < 4.78 is 2.32. The Kier molecular flexibility index (Phi) is 46.7. The van der Waals surface area contributed by atoms with Gasteiger partial charge in [-0.25, -0.2) is 9.98 Å². The molecule has 1 aromatic heterocycles. The summed E-state index contributed by atoms with van der Waals surface area (Å²) in [7, 11) is 1.71. The molecule has 0 aliphatic rings. The zero-order chi connectivity index (χ0) is 56.0. The first-order valence-corrected chi connectivity index (χ1v) is 26.7. The molecule has 0 N–H and O–H groups in total. The van der Waals surface area contributed by atoms with Crippen molar-refractivity contribution in [3.05, 3.63) is 205 Å². The van der Waals surface area contributed by atoms with E-state index in [9.17, 15) is 0 Å². The van der Waals surface area contributed by atoms with Gasteiger partial charge in [0, 0.05) is 40.9 Å². The van der Waals surface area contributed by atoms with Crippen molar-refractivity contribution in [1.29, 1.82) is 0 Å². The minimum Gasteiger partial charge on any atom is -0.310 e. The van der Waals surface area contributed by atoms with Gasteiger partial charge in [-0.1, -0.05) is 244 Å². The molecule has 0 unspecified atom stereocenters. The Morgan fingerprint density at radius 3 is 1.74 bits per heavy atom. The van der Waals surface area contributed by atoms with Gasteiger partial charge < -0.3 is 4.57 Å². The summed E-state index contributed by atoms with van der Waals surface area (Å²) in [6, 6.07) is 21.9. The van der Waals surface area contributed by atoms with Crippen LogP contribution in [0, 0.1) is 6.92 Å². The monoisotopic (exact) mass is 973 g/mol. The molecule has 0 fully saturated rings. The van der Waals surface area contributed by atoms with Gasteiger partial charge in [0.2, 0.25) is 0 Å². The predicted molar refractivity (Wildman–Crippen MR) is 340 cm³/mol. The van der Waals surface area contributed by atoms with Gasteiger partial charge in [0.1, 0.15) is 0 Å². The summed E-state index contributed by atoms with van der Waals surface area (Å²) in [5.74, 6) is 0.954. The molecule has 0 spiro atoms. The highest BCUT2D eigenvalue weighted by molar-refractivity contribution is 6.17. The third-order valence-electron chi connectivity index (χ3n) is 9.46. The minimum atomic E-state index is 0.457. The van der Waals surface area contributed by atoms with Gasteiger partial charge in [-0.3, -0.25) is 4.99 Å².